The van der Waals surface area contributed by atoms with Gasteiger partial charge in [0.05, 0.1) is 17.2 Å². The molecule has 0 aliphatic carbocycles. The van der Waals surface area contributed by atoms with E-state index in [4.69, 9.17) is 10.7 Å². The summed E-state index contributed by atoms with van der Waals surface area (Å²) in [6.45, 7) is 4.56. The lowest BCUT2D eigenvalue weighted by Gasteiger charge is -2.39. The van der Waals surface area contributed by atoms with Crippen molar-refractivity contribution in [2.75, 3.05) is 49.9 Å². The number of nitrogens with two attached hydrogens (primary N) is 1. The summed E-state index contributed by atoms with van der Waals surface area (Å²) < 4.78 is 0. The molecule has 30 heavy (non-hydrogen) atoms. The van der Waals surface area contributed by atoms with E-state index in [1.54, 1.807) is 6.20 Å². The Morgan fingerprint density at radius 3 is 2.43 bits per heavy atom. The number of imidazole rings is 1. The number of para-hydroxylation sites is 2. The van der Waals surface area contributed by atoms with Crippen molar-refractivity contribution < 1.29 is 4.79 Å². The summed E-state index contributed by atoms with van der Waals surface area (Å²) in [5, 5.41) is 0. The van der Waals surface area contributed by atoms with Crippen LogP contribution in [0.4, 0.5) is 16.4 Å². The molecule has 2 aromatic heterocycles. The zero-order chi connectivity index (χ0) is 20.5. The molecule has 9 nitrogen and oxygen atoms in total. The molecule has 5 rings (SSSR count). The van der Waals surface area contributed by atoms with Gasteiger partial charge in [0.15, 0.2) is 17.3 Å². The van der Waals surface area contributed by atoms with Crippen molar-refractivity contribution in [1.82, 2.24) is 29.7 Å². The molecule has 2 saturated heterocycles. The third kappa shape index (κ3) is 3.51. The quantitative estimate of drug-likeness (QED) is 0.676. The van der Waals surface area contributed by atoms with E-state index in [9.17, 15) is 4.79 Å². The highest BCUT2D eigenvalue weighted by Gasteiger charge is 2.27. The molecule has 0 unspecified atom stereocenters. The number of urea groups is 1. The molecule has 156 valence electrons. The van der Waals surface area contributed by atoms with Crippen LogP contribution in [0.2, 0.25) is 0 Å². The third-order valence-corrected chi connectivity index (χ3v) is 5.90. The Morgan fingerprint density at radius 2 is 1.67 bits per heavy atom. The predicted molar refractivity (Wildman–Crippen MR) is 116 cm³/mol. The number of nitrogens with one attached hydrogen (secondary N) is 1. The number of amides is 2. The largest absolute Gasteiger partial charge is 0.382 e. The highest BCUT2D eigenvalue weighted by molar-refractivity contribution is 5.80. The van der Waals surface area contributed by atoms with Gasteiger partial charge in [0.1, 0.15) is 5.82 Å². The van der Waals surface area contributed by atoms with E-state index in [0.29, 0.717) is 30.4 Å². The van der Waals surface area contributed by atoms with Crippen LogP contribution < -0.4 is 10.6 Å². The van der Waals surface area contributed by atoms with E-state index < -0.39 is 0 Å². The van der Waals surface area contributed by atoms with E-state index in [-0.39, 0.29) is 6.03 Å². The second-order valence-electron chi connectivity index (χ2n) is 7.87. The number of likely N-dealkylation sites (tertiary alicyclic amines) is 1. The normalized spacial score (nSPS) is 17.5. The van der Waals surface area contributed by atoms with Gasteiger partial charge in [-0.05, 0) is 31.4 Å². The molecular weight excluding hydrogens is 380 g/mol. The van der Waals surface area contributed by atoms with Crippen LogP contribution >= 0.6 is 0 Å². The Balaban J connectivity index is 1.31. The first-order valence-corrected chi connectivity index (χ1v) is 10.6. The summed E-state index contributed by atoms with van der Waals surface area (Å²) in [4.78, 5) is 35.8. The Hall–Kier alpha value is -3.36. The van der Waals surface area contributed by atoms with Crippen LogP contribution in [0.25, 0.3) is 22.6 Å². The minimum absolute atomic E-state index is 0.167. The number of fused-ring (bicyclic) bond motifs is 1. The van der Waals surface area contributed by atoms with Gasteiger partial charge in [0.2, 0.25) is 0 Å². The molecule has 2 amide bonds. The molecule has 2 fully saturated rings. The topological polar surface area (TPSA) is 107 Å². The smallest absolute Gasteiger partial charge is 0.320 e. The number of piperazine rings is 1. The Kier molecular flexibility index (Phi) is 4.86. The lowest BCUT2D eigenvalue weighted by molar-refractivity contribution is 0.141. The average Bonchev–Trinajstić information content (AvgIpc) is 3.24. The maximum atomic E-state index is 12.7. The van der Waals surface area contributed by atoms with Crippen LogP contribution in [0.15, 0.2) is 30.5 Å². The van der Waals surface area contributed by atoms with Crippen molar-refractivity contribution in [2.24, 2.45) is 0 Å². The second kappa shape index (κ2) is 7.81. The van der Waals surface area contributed by atoms with Crippen molar-refractivity contribution in [3.63, 3.8) is 0 Å². The predicted octanol–water partition coefficient (Wildman–Crippen LogP) is 2.33. The number of carbonyl (C=O) groups is 1. The maximum Gasteiger partial charge on any atom is 0.320 e. The number of rotatable bonds is 2. The average molecular weight is 406 g/mol. The van der Waals surface area contributed by atoms with Crippen molar-refractivity contribution in [1.29, 1.82) is 0 Å². The molecule has 2 aliphatic heterocycles. The minimum atomic E-state index is 0.167. The molecule has 0 bridgehead atoms. The Morgan fingerprint density at radius 1 is 0.933 bits per heavy atom. The van der Waals surface area contributed by atoms with Gasteiger partial charge in [-0.2, -0.15) is 0 Å². The summed E-state index contributed by atoms with van der Waals surface area (Å²) in [5.41, 5.74) is 8.46. The van der Waals surface area contributed by atoms with Crippen LogP contribution in [0, 0.1) is 0 Å². The lowest BCUT2D eigenvalue weighted by atomic mass is 10.1. The van der Waals surface area contributed by atoms with Gasteiger partial charge in [-0.1, -0.05) is 12.1 Å². The molecule has 3 aromatic rings. The summed E-state index contributed by atoms with van der Waals surface area (Å²) in [6.07, 6.45) is 5.14. The summed E-state index contributed by atoms with van der Waals surface area (Å²) in [5.74, 6) is 1.71. The number of hydrogen-bond acceptors (Lipinski definition) is 6. The zero-order valence-electron chi connectivity index (χ0n) is 16.9. The molecule has 0 saturated carbocycles. The van der Waals surface area contributed by atoms with Gasteiger partial charge in [-0.3, -0.25) is 0 Å². The minimum Gasteiger partial charge on any atom is -0.382 e. The van der Waals surface area contributed by atoms with E-state index in [2.05, 4.69) is 19.9 Å². The van der Waals surface area contributed by atoms with Crippen molar-refractivity contribution >= 4 is 28.7 Å². The Bertz CT molecular complexity index is 1020. The fraction of sp³-hybridized carbons (Fsp3) is 0.429. The molecule has 0 atom stereocenters. The standard InChI is InChI=1S/C21H26N8O/c22-19-18(20-24-15-6-2-3-7-16(15)25-20)26-17(14-23-19)27-10-12-29(13-11-27)21(30)28-8-4-1-5-9-28/h2-3,6-7,14H,1,4-5,8-13H2,(H2,22,23)(H,24,25). The SMILES string of the molecule is Nc1ncc(N2CCN(C(=O)N3CCCCC3)CC2)nc1-c1nc2ccccc2[nH]1. The number of nitrogen functional groups attached to an aromatic ring is 1. The number of piperidine rings is 1. The highest BCUT2D eigenvalue weighted by atomic mass is 16.2. The summed E-state index contributed by atoms with van der Waals surface area (Å²) in [6, 6.07) is 7.99. The molecule has 1 aromatic carbocycles. The van der Waals surface area contributed by atoms with E-state index >= 15 is 0 Å². The molecule has 4 heterocycles. The number of aromatic amines is 1. The molecule has 0 radical (unpaired) electrons. The maximum absolute atomic E-state index is 12.7. The van der Waals surface area contributed by atoms with Crippen LogP contribution in [0.5, 0.6) is 0 Å². The van der Waals surface area contributed by atoms with Gasteiger partial charge in [-0.25, -0.2) is 19.7 Å². The van der Waals surface area contributed by atoms with Crippen LogP contribution in [0.1, 0.15) is 19.3 Å². The van der Waals surface area contributed by atoms with Crippen LogP contribution in [-0.4, -0.2) is 75.0 Å². The molecule has 3 N–H and O–H groups in total. The molecule has 2 aliphatic rings. The van der Waals surface area contributed by atoms with Gasteiger partial charge >= 0.3 is 6.03 Å². The van der Waals surface area contributed by atoms with Crippen molar-refractivity contribution in [3.05, 3.63) is 30.5 Å². The van der Waals surface area contributed by atoms with Gasteiger partial charge in [0.25, 0.3) is 0 Å². The van der Waals surface area contributed by atoms with Crippen molar-refractivity contribution in [2.45, 2.75) is 19.3 Å². The third-order valence-electron chi connectivity index (χ3n) is 5.90. The summed E-state index contributed by atoms with van der Waals surface area (Å²) >= 11 is 0. The number of anilines is 2. The molecule has 0 spiro atoms. The number of carbonyl (C=O) groups excluding carboxylic acids is 1. The van der Waals surface area contributed by atoms with Gasteiger partial charge in [0, 0.05) is 39.3 Å². The first-order valence-electron chi connectivity index (χ1n) is 10.6. The van der Waals surface area contributed by atoms with E-state index in [1.807, 2.05) is 34.1 Å². The number of hydrogen-bond donors (Lipinski definition) is 2. The van der Waals surface area contributed by atoms with Gasteiger partial charge < -0.3 is 25.4 Å². The molecular formula is C21H26N8O. The number of H-pyrrole nitrogens is 1. The first-order chi connectivity index (χ1) is 14.7. The van der Waals surface area contributed by atoms with Crippen molar-refractivity contribution in [3.8, 4) is 11.5 Å². The number of aromatic nitrogens is 4. The fourth-order valence-corrected chi connectivity index (χ4v) is 4.19. The Labute approximate surface area is 174 Å². The second-order valence-corrected chi connectivity index (χ2v) is 7.87. The van der Waals surface area contributed by atoms with Crippen LogP contribution in [0.3, 0.4) is 0 Å². The van der Waals surface area contributed by atoms with E-state index in [1.165, 1.54) is 6.42 Å². The lowest BCUT2D eigenvalue weighted by Crippen LogP contribution is -2.53. The molecule has 9 heteroatoms. The first kappa shape index (κ1) is 18.7. The summed E-state index contributed by atoms with van der Waals surface area (Å²) in [7, 11) is 0. The fourth-order valence-electron chi connectivity index (χ4n) is 4.19. The monoisotopic (exact) mass is 406 g/mol. The highest BCUT2D eigenvalue weighted by Crippen LogP contribution is 2.25. The zero-order valence-corrected chi connectivity index (χ0v) is 16.9. The number of nitrogens with zero attached hydrogens (tertiary/aromatic N) is 6. The van der Waals surface area contributed by atoms with Gasteiger partial charge in [-0.15, -0.1) is 0 Å². The number of benzene rings is 1. The van der Waals surface area contributed by atoms with Crippen LogP contribution in [-0.2, 0) is 0 Å². The van der Waals surface area contributed by atoms with E-state index in [0.717, 1.165) is 55.9 Å².